The van der Waals surface area contributed by atoms with E-state index in [1.165, 1.54) is 0 Å². The zero-order valence-electron chi connectivity index (χ0n) is 15.3. The molecule has 1 aliphatic rings. The molecule has 0 unspecified atom stereocenters. The fourth-order valence-electron chi connectivity index (χ4n) is 4.52. The standard InChI is InChI=1S/C21H19N7/c1-2-4-16-15(3-1)11-23-18(25-16)10-13-5-6-14(9-13)21-27-26-19-12-24-20-17(28(19)21)7-8-22-20/h1-4,7-8,11-14,22H,5-6,9-10H2/t13-,14+/m0/s1. The van der Waals surface area contributed by atoms with Gasteiger partial charge in [0.05, 0.1) is 17.2 Å². The van der Waals surface area contributed by atoms with Gasteiger partial charge in [0.25, 0.3) is 0 Å². The molecule has 5 aromatic rings. The van der Waals surface area contributed by atoms with E-state index < -0.39 is 0 Å². The van der Waals surface area contributed by atoms with E-state index in [-0.39, 0.29) is 0 Å². The van der Waals surface area contributed by atoms with Crippen LogP contribution in [0, 0.1) is 5.92 Å². The molecular weight excluding hydrogens is 350 g/mol. The first-order valence-electron chi connectivity index (χ1n) is 9.73. The number of nitrogens with one attached hydrogen (secondary N) is 1. The summed E-state index contributed by atoms with van der Waals surface area (Å²) in [6, 6.07) is 10.2. The Balaban J connectivity index is 1.27. The van der Waals surface area contributed by atoms with Crippen molar-refractivity contribution < 1.29 is 0 Å². The monoisotopic (exact) mass is 369 g/mol. The molecule has 0 spiro atoms. The van der Waals surface area contributed by atoms with E-state index in [0.717, 1.165) is 65.0 Å². The van der Waals surface area contributed by atoms with Crippen LogP contribution >= 0.6 is 0 Å². The van der Waals surface area contributed by atoms with Gasteiger partial charge in [-0.25, -0.2) is 15.0 Å². The molecular formula is C21H19N7. The van der Waals surface area contributed by atoms with Crippen molar-refractivity contribution in [2.24, 2.45) is 5.92 Å². The van der Waals surface area contributed by atoms with Crippen LogP contribution in [-0.4, -0.2) is 34.5 Å². The SMILES string of the molecule is c1ccc2nc(C[C@H]3CC[C@@H](c4nnc5cnc6[nH]ccc6n45)C3)ncc2c1. The van der Waals surface area contributed by atoms with Crippen molar-refractivity contribution in [2.45, 2.75) is 31.6 Å². The van der Waals surface area contributed by atoms with Crippen molar-refractivity contribution in [1.82, 2.24) is 34.5 Å². The minimum atomic E-state index is 0.404. The Morgan fingerprint density at radius 1 is 1.04 bits per heavy atom. The molecule has 0 saturated heterocycles. The summed E-state index contributed by atoms with van der Waals surface area (Å²) < 4.78 is 2.15. The Morgan fingerprint density at radius 3 is 3.00 bits per heavy atom. The molecule has 4 aromatic heterocycles. The van der Waals surface area contributed by atoms with E-state index in [9.17, 15) is 0 Å². The first-order chi connectivity index (χ1) is 13.8. The van der Waals surface area contributed by atoms with Crippen molar-refractivity contribution in [3.63, 3.8) is 0 Å². The Labute approximate surface area is 160 Å². The van der Waals surface area contributed by atoms with Gasteiger partial charge in [0.1, 0.15) is 11.6 Å². The van der Waals surface area contributed by atoms with Gasteiger partial charge in [-0.1, -0.05) is 18.2 Å². The molecule has 0 amide bonds. The van der Waals surface area contributed by atoms with Crippen LogP contribution in [0.3, 0.4) is 0 Å². The van der Waals surface area contributed by atoms with Crippen molar-refractivity contribution in [1.29, 1.82) is 0 Å². The zero-order chi connectivity index (χ0) is 18.5. The van der Waals surface area contributed by atoms with E-state index in [0.29, 0.717) is 11.8 Å². The zero-order valence-corrected chi connectivity index (χ0v) is 15.3. The highest BCUT2D eigenvalue weighted by atomic mass is 15.3. The van der Waals surface area contributed by atoms with Crippen LogP contribution in [-0.2, 0) is 6.42 Å². The normalized spacial score (nSPS) is 19.9. The molecule has 1 fully saturated rings. The van der Waals surface area contributed by atoms with E-state index in [1.54, 1.807) is 6.20 Å². The molecule has 1 aliphatic carbocycles. The predicted molar refractivity (Wildman–Crippen MR) is 106 cm³/mol. The molecule has 7 heteroatoms. The summed E-state index contributed by atoms with van der Waals surface area (Å²) in [7, 11) is 0. The van der Waals surface area contributed by atoms with Gasteiger partial charge in [-0.05, 0) is 37.3 Å². The van der Waals surface area contributed by atoms with Crippen LogP contribution < -0.4 is 0 Å². The first kappa shape index (κ1) is 15.7. The number of aromatic amines is 1. The fraction of sp³-hybridized carbons (Fsp3) is 0.286. The maximum atomic E-state index is 4.75. The summed E-state index contributed by atoms with van der Waals surface area (Å²) in [6.45, 7) is 0. The molecule has 0 aliphatic heterocycles. The van der Waals surface area contributed by atoms with Crippen molar-refractivity contribution in [2.75, 3.05) is 0 Å². The molecule has 1 N–H and O–H groups in total. The topological polar surface area (TPSA) is 84.6 Å². The number of H-pyrrole nitrogens is 1. The van der Waals surface area contributed by atoms with Crippen LogP contribution in [0.5, 0.6) is 0 Å². The van der Waals surface area contributed by atoms with Crippen LogP contribution in [0.1, 0.15) is 36.8 Å². The molecule has 1 saturated carbocycles. The summed E-state index contributed by atoms with van der Waals surface area (Å²) in [5.41, 5.74) is 3.74. The van der Waals surface area contributed by atoms with Gasteiger partial charge in [0.2, 0.25) is 0 Å². The fourth-order valence-corrected chi connectivity index (χ4v) is 4.52. The van der Waals surface area contributed by atoms with Crippen molar-refractivity contribution in [3.05, 3.63) is 60.6 Å². The highest BCUT2D eigenvalue weighted by Gasteiger charge is 2.30. The summed E-state index contributed by atoms with van der Waals surface area (Å²) in [5, 5.41) is 9.96. The third kappa shape index (κ3) is 2.46. The average Bonchev–Trinajstić information content (AvgIpc) is 3.46. The molecule has 1 aromatic carbocycles. The Morgan fingerprint density at radius 2 is 2.00 bits per heavy atom. The summed E-state index contributed by atoms with van der Waals surface area (Å²) in [5.74, 6) is 2.96. The molecule has 0 bridgehead atoms. The summed E-state index contributed by atoms with van der Waals surface area (Å²) in [4.78, 5) is 16.9. The van der Waals surface area contributed by atoms with Crippen LogP contribution in [0.15, 0.2) is 48.9 Å². The van der Waals surface area contributed by atoms with E-state index in [2.05, 4.69) is 41.7 Å². The number of nitrogens with zero attached hydrogens (tertiary/aromatic N) is 6. The van der Waals surface area contributed by atoms with Gasteiger partial charge >= 0.3 is 0 Å². The summed E-state index contributed by atoms with van der Waals surface area (Å²) >= 11 is 0. The van der Waals surface area contributed by atoms with Crippen molar-refractivity contribution >= 4 is 27.7 Å². The number of fused-ring (bicyclic) bond motifs is 4. The van der Waals surface area contributed by atoms with Gasteiger partial charge in [-0.15, -0.1) is 10.2 Å². The number of aromatic nitrogens is 7. The third-order valence-electron chi connectivity index (χ3n) is 5.88. The smallest absolute Gasteiger partial charge is 0.179 e. The van der Waals surface area contributed by atoms with Crippen LogP contribution in [0.4, 0.5) is 0 Å². The van der Waals surface area contributed by atoms with E-state index in [4.69, 9.17) is 4.98 Å². The third-order valence-corrected chi connectivity index (χ3v) is 5.88. The highest BCUT2D eigenvalue weighted by molar-refractivity contribution is 5.77. The lowest BCUT2D eigenvalue weighted by Gasteiger charge is -2.10. The largest absolute Gasteiger partial charge is 0.345 e. The average molecular weight is 369 g/mol. The maximum absolute atomic E-state index is 4.75. The Bertz CT molecular complexity index is 1300. The van der Waals surface area contributed by atoms with Gasteiger partial charge in [-0.3, -0.25) is 4.40 Å². The van der Waals surface area contributed by atoms with Crippen LogP contribution in [0.25, 0.3) is 27.7 Å². The second kappa shape index (κ2) is 6.09. The molecule has 28 heavy (non-hydrogen) atoms. The van der Waals surface area contributed by atoms with Gasteiger partial charge < -0.3 is 4.98 Å². The molecule has 2 atom stereocenters. The molecule has 138 valence electrons. The lowest BCUT2D eigenvalue weighted by atomic mass is 10.0. The lowest BCUT2D eigenvalue weighted by molar-refractivity contribution is 0.517. The van der Waals surface area contributed by atoms with E-state index in [1.807, 2.05) is 30.6 Å². The first-order valence-corrected chi connectivity index (χ1v) is 9.73. The highest BCUT2D eigenvalue weighted by Crippen LogP contribution is 2.39. The van der Waals surface area contributed by atoms with Gasteiger partial charge in [0, 0.05) is 30.1 Å². The number of para-hydroxylation sites is 1. The number of benzene rings is 1. The predicted octanol–water partition coefficient (Wildman–Crippen LogP) is 3.68. The Hall–Kier alpha value is -3.35. The molecule has 6 rings (SSSR count). The number of rotatable bonds is 3. The number of hydrogen-bond acceptors (Lipinski definition) is 5. The van der Waals surface area contributed by atoms with Gasteiger partial charge in [-0.2, -0.15) is 0 Å². The maximum Gasteiger partial charge on any atom is 0.179 e. The number of hydrogen-bond donors (Lipinski definition) is 1. The van der Waals surface area contributed by atoms with Crippen molar-refractivity contribution in [3.8, 4) is 0 Å². The summed E-state index contributed by atoms with van der Waals surface area (Å²) in [6.07, 6.45) is 9.92. The Kier molecular flexibility index (Phi) is 3.41. The molecule has 4 heterocycles. The lowest BCUT2D eigenvalue weighted by Crippen LogP contribution is -2.06. The molecule has 0 radical (unpaired) electrons. The van der Waals surface area contributed by atoms with Gasteiger partial charge in [0.15, 0.2) is 11.3 Å². The second-order valence-corrected chi connectivity index (χ2v) is 7.65. The minimum absolute atomic E-state index is 0.404. The van der Waals surface area contributed by atoms with Crippen LogP contribution in [0.2, 0.25) is 0 Å². The minimum Gasteiger partial charge on any atom is -0.345 e. The quantitative estimate of drug-likeness (QED) is 0.524. The van der Waals surface area contributed by atoms with E-state index >= 15 is 0 Å². The molecule has 7 nitrogen and oxygen atoms in total. The second-order valence-electron chi connectivity index (χ2n) is 7.65.